The van der Waals surface area contributed by atoms with E-state index >= 15 is 0 Å². The molecule has 2 N–H and O–H groups in total. The van der Waals surface area contributed by atoms with E-state index in [1.54, 1.807) is 4.90 Å². The molecule has 21 heavy (non-hydrogen) atoms. The molecule has 0 spiro atoms. The number of sulfonamides is 1. The van der Waals surface area contributed by atoms with Crippen LogP contribution in [0.3, 0.4) is 0 Å². The molecule has 1 aliphatic rings. The Balaban J connectivity index is 2.07. The Bertz CT molecular complexity index is 644. The highest BCUT2D eigenvalue weighted by Gasteiger charge is 2.28. The van der Waals surface area contributed by atoms with Gasteiger partial charge in [0.2, 0.25) is 15.9 Å². The number of thiophene rings is 1. The van der Waals surface area contributed by atoms with Crippen LogP contribution in [0.1, 0.15) is 29.4 Å². The minimum absolute atomic E-state index is 0.0256. The Morgan fingerprint density at radius 3 is 2.52 bits per heavy atom. The van der Waals surface area contributed by atoms with Gasteiger partial charge in [0, 0.05) is 26.1 Å². The number of nitrogens with zero attached hydrogens (tertiary/aromatic N) is 1. The zero-order valence-electron chi connectivity index (χ0n) is 11.4. The first-order valence-electron chi connectivity index (χ1n) is 6.40. The van der Waals surface area contributed by atoms with Crippen molar-refractivity contribution in [2.75, 3.05) is 13.1 Å². The molecule has 0 unspecified atom stereocenters. The van der Waals surface area contributed by atoms with E-state index in [1.165, 1.54) is 18.4 Å². The Kier molecular flexibility index (Phi) is 4.64. The van der Waals surface area contributed by atoms with E-state index in [0.717, 1.165) is 11.3 Å². The highest BCUT2D eigenvalue weighted by molar-refractivity contribution is 7.89. The van der Waals surface area contributed by atoms with Gasteiger partial charge in [-0.2, -0.15) is 0 Å². The van der Waals surface area contributed by atoms with Crippen LogP contribution in [0, 0.1) is 0 Å². The first-order chi connectivity index (χ1) is 9.81. The lowest BCUT2D eigenvalue weighted by Crippen LogP contribution is -2.46. The number of amides is 1. The lowest BCUT2D eigenvalue weighted by molar-refractivity contribution is -0.129. The number of hydrogen-bond donors (Lipinski definition) is 2. The molecule has 9 heteroatoms. The fourth-order valence-corrected chi connectivity index (χ4v) is 4.83. The number of piperidine rings is 1. The zero-order chi connectivity index (χ0) is 15.6. The van der Waals surface area contributed by atoms with Gasteiger partial charge in [-0.15, -0.1) is 11.3 Å². The van der Waals surface area contributed by atoms with Crippen molar-refractivity contribution in [1.29, 1.82) is 0 Å². The molecule has 0 aromatic carbocycles. The minimum Gasteiger partial charge on any atom is -0.477 e. The second-order valence-electron chi connectivity index (χ2n) is 4.82. The molecule has 0 bridgehead atoms. The van der Waals surface area contributed by atoms with Crippen molar-refractivity contribution in [2.45, 2.75) is 30.7 Å². The molecule has 0 atom stereocenters. The van der Waals surface area contributed by atoms with Gasteiger partial charge in [0.05, 0.1) is 0 Å². The van der Waals surface area contributed by atoms with Crippen LogP contribution in [0.2, 0.25) is 0 Å². The summed E-state index contributed by atoms with van der Waals surface area (Å²) in [5.41, 5.74) is 0. The molecule has 1 aromatic heterocycles. The monoisotopic (exact) mass is 332 g/mol. The maximum Gasteiger partial charge on any atom is 0.347 e. The topological polar surface area (TPSA) is 104 Å². The second kappa shape index (κ2) is 6.12. The number of nitrogens with one attached hydrogen (secondary N) is 1. The summed E-state index contributed by atoms with van der Waals surface area (Å²) in [7, 11) is -3.85. The molecule has 2 heterocycles. The van der Waals surface area contributed by atoms with Crippen LogP contribution < -0.4 is 4.72 Å². The average molecular weight is 332 g/mol. The van der Waals surface area contributed by atoms with Crippen LogP contribution in [0.25, 0.3) is 0 Å². The van der Waals surface area contributed by atoms with Crippen molar-refractivity contribution >= 4 is 33.2 Å². The first kappa shape index (κ1) is 15.9. The predicted molar refractivity (Wildman–Crippen MR) is 76.9 cm³/mol. The number of carboxylic acids is 1. The number of aromatic carboxylic acids is 1. The van der Waals surface area contributed by atoms with Crippen LogP contribution in [0.5, 0.6) is 0 Å². The molecule has 7 nitrogen and oxygen atoms in total. The third kappa shape index (κ3) is 3.60. The van der Waals surface area contributed by atoms with Crippen molar-refractivity contribution in [3.8, 4) is 0 Å². The highest BCUT2D eigenvalue weighted by Crippen LogP contribution is 2.23. The summed E-state index contributed by atoms with van der Waals surface area (Å²) in [6.45, 7) is 2.48. The number of rotatable bonds is 4. The van der Waals surface area contributed by atoms with Crippen LogP contribution in [-0.4, -0.2) is 49.4 Å². The molecule has 2 rings (SSSR count). The molecule has 1 fully saturated rings. The van der Waals surface area contributed by atoms with Gasteiger partial charge >= 0.3 is 5.97 Å². The molecule has 0 aliphatic carbocycles. The van der Waals surface area contributed by atoms with Crippen LogP contribution in [0.4, 0.5) is 0 Å². The van der Waals surface area contributed by atoms with E-state index in [1.807, 2.05) is 0 Å². The molecule has 116 valence electrons. The fraction of sp³-hybridized carbons (Fsp3) is 0.500. The van der Waals surface area contributed by atoms with E-state index in [2.05, 4.69) is 4.72 Å². The SMILES string of the molecule is CC(=O)N1CCC(NS(=O)(=O)c2ccsc2C(=O)O)CC1. The van der Waals surface area contributed by atoms with Gasteiger partial charge < -0.3 is 10.0 Å². The maximum atomic E-state index is 12.3. The van der Waals surface area contributed by atoms with Gasteiger partial charge in [-0.1, -0.05) is 0 Å². The molecular formula is C12H16N2O5S2. The van der Waals surface area contributed by atoms with Gasteiger partial charge in [-0.05, 0) is 24.3 Å². The minimum atomic E-state index is -3.85. The quantitative estimate of drug-likeness (QED) is 0.846. The second-order valence-corrected chi connectivity index (χ2v) is 7.42. The van der Waals surface area contributed by atoms with Gasteiger partial charge in [0.25, 0.3) is 0 Å². The number of carbonyl (C=O) groups excluding carboxylic acids is 1. The summed E-state index contributed by atoms with van der Waals surface area (Å²) in [6, 6.07) is 1.01. The highest BCUT2D eigenvalue weighted by atomic mass is 32.2. The van der Waals surface area contributed by atoms with Crippen molar-refractivity contribution in [1.82, 2.24) is 9.62 Å². The lowest BCUT2D eigenvalue weighted by atomic mass is 10.1. The molecule has 1 saturated heterocycles. The Labute approximate surface area is 126 Å². The molecular weight excluding hydrogens is 316 g/mol. The summed E-state index contributed by atoms with van der Waals surface area (Å²) in [5.74, 6) is -1.28. The Morgan fingerprint density at radius 1 is 1.38 bits per heavy atom. The summed E-state index contributed by atoms with van der Waals surface area (Å²) >= 11 is 0.879. The summed E-state index contributed by atoms with van der Waals surface area (Å²) in [5, 5.41) is 10.4. The van der Waals surface area contributed by atoms with E-state index in [-0.39, 0.29) is 21.7 Å². The van der Waals surface area contributed by atoms with Crippen molar-refractivity contribution in [3.63, 3.8) is 0 Å². The summed E-state index contributed by atoms with van der Waals surface area (Å²) < 4.78 is 27.0. The van der Waals surface area contributed by atoms with Gasteiger partial charge in [-0.25, -0.2) is 17.9 Å². The molecule has 1 aliphatic heterocycles. The summed E-state index contributed by atoms with van der Waals surface area (Å²) in [6.07, 6.45) is 1.04. The van der Waals surface area contributed by atoms with Crippen molar-refractivity contribution in [2.24, 2.45) is 0 Å². The Morgan fingerprint density at radius 2 is 2.00 bits per heavy atom. The van der Waals surface area contributed by atoms with Crippen molar-refractivity contribution < 1.29 is 23.1 Å². The van der Waals surface area contributed by atoms with Crippen molar-refractivity contribution in [3.05, 3.63) is 16.3 Å². The van der Waals surface area contributed by atoms with Crippen LogP contribution in [-0.2, 0) is 14.8 Å². The number of likely N-dealkylation sites (tertiary alicyclic amines) is 1. The molecule has 1 aromatic rings. The number of hydrogen-bond acceptors (Lipinski definition) is 5. The standard InChI is InChI=1S/C12H16N2O5S2/c1-8(15)14-5-2-9(3-6-14)13-21(18,19)10-4-7-20-11(10)12(16)17/h4,7,9,13H,2-3,5-6H2,1H3,(H,16,17). The molecule has 0 radical (unpaired) electrons. The van der Waals surface area contributed by atoms with Gasteiger partial charge in [-0.3, -0.25) is 4.79 Å². The third-order valence-electron chi connectivity index (χ3n) is 3.37. The lowest BCUT2D eigenvalue weighted by Gasteiger charge is -2.31. The predicted octanol–water partition coefficient (Wildman–Crippen LogP) is 0.735. The van der Waals surface area contributed by atoms with E-state index in [0.29, 0.717) is 25.9 Å². The van der Waals surface area contributed by atoms with Gasteiger partial charge in [0.15, 0.2) is 0 Å². The zero-order valence-corrected chi connectivity index (χ0v) is 13.0. The third-order valence-corrected chi connectivity index (χ3v) is 5.97. The average Bonchev–Trinajstić information content (AvgIpc) is 2.89. The Hall–Kier alpha value is -1.45. The molecule has 0 saturated carbocycles. The summed E-state index contributed by atoms with van der Waals surface area (Å²) in [4.78, 5) is 23.5. The maximum absolute atomic E-state index is 12.3. The molecule has 1 amide bonds. The smallest absolute Gasteiger partial charge is 0.347 e. The van der Waals surface area contributed by atoms with E-state index < -0.39 is 16.0 Å². The number of carbonyl (C=O) groups is 2. The van der Waals surface area contributed by atoms with Crippen LogP contribution >= 0.6 is 11.3 Å². The van der Waals surface area contributed by atoms with Gasteiger partial charge in [0.1, 0.15) is 9.77 Å². The first-order valence-corrected chi connectivity index (χ1v) is 8.76. The normalized spacial score (nSPS) is 16.9. The van der Waals surface area contributed by atoms with E-state index in [9.17, 15) is 18.0 Å². The largest absolute Gasteiger partial charge is 0.477 e. The fourth-order valence-electron chi connectivity index (χ4n) is 2.26. The van der Waals surface area contributed by atoms with Crippen LogP contribution in [0.15, 0.2) is 16.3 Å². The number of carboxylic acid groups (broad SMARTS) is 1. The van der Waals surface area contributed by atoms with E-state index in [4.69, 9.17) is 5.11 Å².